The smallest absolute Gasteiger partial charge is 0.337 e. The van der Waals surface area contributed by atoms with E-state index in [4.69, 9.17) is 5.73 Å². The molecule has 0 aliphatic heterocycles. The molecule has 7 nitrogen and oxygen atoms in total. The van der Waals surface area contributed by atoms with Crippen LogP contribution in [-0.2, 0) is 11.2 Å². The summed E-state index contributed by atoms with van der Waals surface area (Å²) in [5.74, 6) is 0.664. The normalized spacial score (nSPS) is 10.9. The second kappa shape index (κ2) is 7.43. The van der Waals surface area contributed by atoms with E-state index in [1.807, 2.05) is 18.3 Å². The van der Waals surface area contributed by atoms with Crippen LogP contribution >= 0.6 is 11.8 Å². The third-order valence-electron chi connectivity index (χ3n) is 3.78. The second-order valence-electron chi connectivity index (χ2n) is 5.46. The van der Waals surface area contributed by atoms with E-state index >= 15 is 0 Å². The van der Waals surface area contributed by atoms with Crippen molar-refractivity contribution < 1.29 is 9.53 Å². The standard InChI is InChI=1S/C17H18N4O3S/c1-24-16(23)10-4-6-12(7-5-10)25-8-2-3-11-9-19-14-13(11)15(22)21-17(18)20-14/h4-7,9H,2-3,8H2,1H3,(H4,18,19,20,21,22). The molecule has 0 unspecified atom stereocenters. The highest BCUT2D eigenvalue weighted by molar-refractivity contribution is 7.99. The van der Waals surface area contributed by atoms with Crippen LogP contribution in [0.25, 0.3) is 11.0 Å². The lowest BCUT2D eigenvalue weighted by molar-refractivity contribution is 0.0600. The monoisotopic (exact) mass is 358 g/mol. The molecule has 1 aromatic carbocycles. The maximum Gasteiger partial charge on any atom is 0.337 e. The zero-order chi connectivity index (χ0) is 17.8. The van der Waals surface area contributed by atoms with Crippen LogP contribution < -0.4 is 11.3 Å². The molecule has 0 atom stereocenters. The predicted molar refractivity (Wildman–Crippen MR) is 98.0 cm³/mol. The zero-order valence-corrected chi connectivity index (χ0v) is 14.5. The predicted octanol–water partition coefficient (Wildman–Crippen LogP) is 2.34. The van der Waals surface area contributed by atoms with Crippen LogP contribution in [0.1, 0.15) is 22.3 Å². The van der Waals surface area contributed by atoms with E-state index in [9.17, 15) is 9.59 Å². The number of thioether (sulfide) groups is 1. The number of hydrogen-bond acceptors (Lipinski definition) is 6. The minimum Gasteiger partial charge on any atom is -0.465 e. The molecular formula is C17H18N4O3S. The third kappa shape index (κ3) is 3.85. The number of benzene rings is 1. The van der Waals surface area contributed by atoms with Crippen LogP contribution in [0.2, 0.25) is 0 Å². The number of anilines is 1. The number of H-pyrrole nitrogens is 2. The lowest BCUT2D eigenvalue weighted by atomic mass is 10.1. The molecular weight excluding hydrogens is 340 g/mol. The number of nitrogen functional groups attached to an aromatic ring is 1. The van der Waals surface area contributed by atoms with E-state index in [1.165, 1.54) is 7.11 Å². The highest BCUT2D eigenvalue weighted by Gasteiger charge is 2.10. The number of nitrogens with one attached hydrogen (secondary N) is 2. The summed E-state index contributed by atoms with van der Waals surface area (Å²) in [6.45, 7) is 0. The fraction of sp³-hybridized carbons (Fsp3) is 0.235. The fourth-order valence-corrected chi connectivity index (χ4v) is 3.43. The summed E-state index contributed by atoms with van der Waals surface area (Å²) in [5.41, 5.74) is 7.31. The van der Waals surface area contributed by atoms with Gasteiger partial charge in [-0.25, -0.2) is 4.79 Å². The van der Waals surface area contributed by atoms with Gasteiger partial charge in [-0.2, -0.15) is 4.98 Å². The van der Waals surface area contributed by atoms with Gasteiger partial charge in [0, 0.05) is 11.1 Å². The molecule has 0 bridgehead atoms. The number of methoxy groups -OCH3 is 1. The number of rotatable bonds is 6. The molecule has 0 amide bonds. The Labute approximate surface area is 148 Å². The van der Waals surface area contributed by atoms with Gasteiger partial charge >= 0.3 is 5.97 Å². The van der Waals surface area contributed by atoms with Crippen LogP contribution in [0.4, 0.5) is 5.95 Å². The third-order valence-corrected chi connectivity index (χ3v) is 4.87. The van der Waals surface area contributed by atoms with Crippen LogP contribution in [0.3, 0.4) is 0 Å². The van der Waals surface area contributed by atoms with Crippen molar-refractivity contribution in [3.63, 3.8) is 0 Å². The Morgan fingerprint density at radius 2 is 2.08 bits per heavy atom. The molecule has 0 radical (unpaired) electrons. The summed E-state index contributed by atoms with van der Waals surface area (Å²) >= 11 is 1.70. The summed E-state index contributed by atoms with van der Waals surface area (Å²) in [5, 5.41) is 0.571. The first-order valence-electron chi connectivity index (χ1n) is 7.75. The lowest BCUT2D eigenvalue weighted by Crippen LogP contribution is -2.11. The number of aromatic nitrogens is 3. The topological polar surface area (TPSA) is 114 Å². The minimum absolute atomic E-state index is 0.108. The zero-order valence-electron chi connectivity index (χ0n) is 13.7. The second-order valence-corrected chi connectivity index (χ2v) is 6.62. The van der Waals surface area contributed by atoms with Gasteiger partial charge in [0.2, 0.25) is 5.95 Å². The Hall–Kier alpha value is -2.74. The first-order chi connectivity index (χ1) is 12.1. The quantitative estimate of drug-likeness (QED) is 0.354. The van der Waals surface area contributed by atoms with Gasteiger partial charge in [0.25, 0.3) is 5.56 Å². The Morgan fingerprint density at radius 3 is 2.80 bits per heavy atom. The van der Waals surface area contributed by atoms with E-state index in [-0.39, 0.29) is 17.5 Å². The van der Waals surface area contributed by atoms with Gasteiger partial charge in [0.1, 0.15) is 5.65 Å². The van der Waals surface area contributed by atoms with Gasteiger partial charge in [-0.05, 0) is 48.4 Å². The van der Waals surface area contributed by atoms with Crippen molar-refractivity contribution in [1.29, 1.82) is 0 Å². The largest absolute Gasteiger partial charge is 0.465 e. The number of hydrogen-bond donors (Lipinski definition) is 3. The van der Waals surface area contributed by atoms with Crippen LogP contribution in [0.15, 0.2) is 40.2 Å². The van der Waals surface area contributed by atoms with Crippen molar-refractivity contribution in [3.8, 4) is 0 Å². The summed E-state index contributed by atoms with van der Waals surface area (Å²) in [7, 11) is 1.37. The van der Waals surface area contributed by atoms with Gasteiger partial charge in [-0.15, -0.1) is 11.8 Å². The number of fused-ring (bicyclic) bond motifs is 1. The maximum absolute atomic E-state index is 12.0. The van der Waals surface area contributed by atoms with Crippen LogP contribution in [-0.4, -0.2) is 33.8 Å². The Morgan fingerprint density at radius 1 is 1.32 bits per heavy atom. The number of nitrogens with zero attached hydrogens (tertiary/aromatic N) is 1. The number of carbonyl (C=O) groups is 1. The first-order valence-corrected chi connectivity index (χ1v) is 8.74. The summed E-state index contributed by atoms with van der Waals surface area (Å²) in [6.07, 6.45) is 3.48. The fourth-order valence-electron chi connectivity index (χ4n) is 2.58. The van der Waals surface area contributed by atoms with Gasteiger partial charge in [-0.1, -0.05) is 0 Å². The van der Waals surface area contributed by atoms with Gasteiger partial charge in [-0.3, -0.25) is 9.78 Å². The van der Waals surface area contributed by atoms with E-state index < -0.39 is 0 Å². The molecule has 25 heavy (non-hydrogen) atoms. The van der Waals surface area contributed by atoms with Gasteiger partial charge < -0.3 is 15.5 Å². The molecule has 0 saturated carbocycles. The van der Waals surface area contributed by atoms with E-state index in [1.54, 1.807) is 23.9 Å². The molecule has 0 spiro atoms. The summed E-state index contributed by atoms with van der Waals surface area (Å²) in [6, 6.07) is 7.31. The molecule has 8 heteroatoms. The number of nitrogens with two attached hydrogens (primary N) is 1. The van der Waals surface area contributed by atoms with Crippen molar-refractivity contribution >= 4 is 34.7 Å². The summed E-state index contributed by atoms with van der Waals surface area (Å²) in [4.78, 5) is 34.1. The van der Waals surface area contributed by atoms with Gasteiger partial charge in [0.15, 0.2) is 0 Å². The Bertz CT molecular complexity index is 947. The molecule has 3 aromatic rings. The van der Waals surface area contributed by atoms with Crippen molar-refractivity contribution in [2.24, 2.45) is 0 Å². The van der Waals surface area contributed by atoms with Crippen molar-refractivity contribution in [2.75, 3.05) is 18.6 Å². The lowest BCUT2D eigenvalue weighted by Gasteiger charge is -2.03. The molecule has 0 aliphatic carbocycles. The van der Waals surface area contributed by atoms with E-state index in [2.05, 4.69) is 19.7 Å². The maximum atomic E-state index is 12.0. The van der Waals surface area contributed by atoms with E-state index in [0.29, 0.717) is 16.6 Å². The SMILES string of the molecule is COC(=O)c1ccc(SCCCc2c[nH]c3nc(N)[nH]c(=O)c23)cc1. The van der Waals surface area contributed by atoms with E-state index in [0.717, 1.165) is 29.1 Å². The van der Waals surface area contributed by atoms with Crippen LogP contribution in [0.5, 0.6) is 0 Å². The number of esters is 1. The molecule has 0 saturated heterocycles. The number of ether oxygens (including phenoxy) is 1. The van der Waals surface area contributed by atoms with Crippen molar-refractivity contribution in [1.82, 2.24) is 15.0 Å². The average molecular weight is 358 g/mol. The summed E-state index contributed by atoms with van der Waals surface area (Å²) < 4.78 is 4.68. The molecule has 130 valence electrons. The molecule has 4 N–H and O–H groups in total. The number of carbonyl (C=O) groups excluding carboxylic acids is 1. The Balaban J connectivity index is 1.57. The molecule has 2 aromatic heterocycles. The van der Waals surface area contributed by atoms with Crippen LogP contribution in [0, 0.1) is 0 Å². The highest BCUT2D eigenvalue weighted by atomic mass is 32.2. The molecule has 0 fully saturated rings. The highest BCUT2D eigenvalue weighted by Crippen LogP contribution is 2.21. The van der Waals surface area contributed by atoms with Crippen molar-refractivity contribution in [3.05, 3.63) is 51.9 Å². The minimum atomic E-state index is -0.338. The first kappa shape index (κ1) is 17.1. The molecule has 2 heterocycles. The van der Waals surface area contributed by atoms with Gasteiger partial charge in [0.05, 0.1) is 18.1 Å². The van der Waals surface area contributed by atoms with Crippen molar-refractivity contribution in [2.45, 2.75) is 17.7 Å². The Kier molecular flexibility index (Phi) is 5.08. The average Bonchev–Trinajstić information content (AvgIpc) is 3.01. The number of aromatic amines is 2. The molecule has 3 rings (SSSR count). The molecule has 0 aliphatic rings. The number of aryl methyl sites for hydroxylation is 1.